The molecule has 0 N–H and O–H groups in total. The summed E-state index contributed by atoms with van der Waals surface area (Å²) in [6, 6.07) is 16.3. The predicted molar refractivity (Wildman–Crippen MR) is 132 cm³/mol. The Morgan fingerprint density at radius 2 is 1.85 bits per heavy atom. The highest BCUT2D eigenvalue weighted by atomic mass is 35.5. The fourth-order valence-electron chi connectivity index (χ4n) is 4.52. The lowest BCUT2D eigenvalue weighted by molar-refractivity contribution is 0.112. The quantitative estimate of drug-likeness (QED) is 0.368. The molecule has 1 aliphatic heterocycles. The molecule has 0 spiro atoms. The van der Waals surface area contributed by atoms with Gasteiger partial charge >= 0.3 is 0 Å². The Hall–Kier alpha value is -3.07. The summed E-state index contributed by atoms with van der Waals surface area (Å²) in [4.78, 5) is 20.6. The lowest BCUT2D eigenvalue weighted by Crippen LogP contribution is -2.39. The van der Waals surface area contributed by atoms with E-state index >= 15 is 0 Å². The fraction of sp³-hybridized carbons (Fsp3) is 0.240. The lowest BCUT2D eigenvalue weighted by atomic mass is 10.1. The van der Waals surface area contributed by atoms with Crippen LogP contribution in [0.15, 0.2) is 65.7 Å². The van der Waals surface area contributed by atoms with E-state index < -0.39 is 10.0 Å². The molecule has 3 heterocycles. The van der Waals surface area contributed by atoms with E-state index in [2.05, 4.69) is 15.6 Å². The number of sulfonamides is 1. The van der Waals surface area contributed by atoms with Crippen LogP contribution in [0, 0.1) is 6.92 Å². The van der Waals surface area contributed by atoms with Gasteiger partial charge in [0.15, 0.2) is 11.9 Å². The van der Waals surface area contributed by atoms with Crippen LogP contribution < -0.4 is 0 Å². The minimum atomic E-state index is -3.72. The number of fused-ring (bicyclic) bond motifs is 1. The van der Waals surface area contributed by atoms with Crippen molar-refractivity contribution >= 4 is 39.1 Å². The molecule has 0 radical (unpaired) electrons. The number of carbonyl (C=O) groups excluding carboxylic acids is 1. The molecule has 0 saturated carbocycles. The van der Waals surface area contributed by atoms with E-state index in [0.29, 0.717) is 32.2 Å². The largest absolute Gasteiger partial charge is 0.305 e. The Labute approximate surface area is 203 Å². The average Bonchev–Trinajstić information content (AvgIpc) is 3.24. The summed E-state index contributed by atoms with van der Waals surface area (Å²) in [5, 5.41) is 0.129. The Bertz CT molecular complexity index is 1490. The number of pyridine rings is 1. The molecule has 7 nitrogen and oxygen atoms in total. The molecule has 1 fully saturated rings. The lowest BCUT2D eigenvalue weighted by Gasteiger charge is -2.32. The molecular formula is C25H23ClN4O3S. The second-order valence-corrected chi connectivity index (χ2v) is 10.8. The van der Waals surface area contributed by atoms with Gasteiger partial charge in [0.25, 0.3) is 0 Å². The highest BCUT2D eigenvalue weighted by Gasteiger charge is 2.32. The van der Waals surface area contributed by atoms with Crippen LogP contribution in [0.4, 0.5) is 0 Å². The standard InChI is InChI=1S/C25H23ClN4O3S/c1-17-4-2-5-18(14-17)24-28-23-6-3-11-27-25(23)30(24)20-9-12-29(13-10-20)34(32,33)21-8-7-19(16-31)22(26)15-21/h2-8,11,14-16,20H,9-10,12-13H2,1H3. The number of imidazole rings is 1. The molecule has 0 aliphatic carbocycles. The van der Waals surface area contributed by atoms with Gasteiger partial charge in [-0.1, -0.05) is 35.4 Å². The van der Waals surface area contributed by atoms with Gasteiger partial charge in [-0.2, -0.15) is 4.31 Å². The maximum atomic E-state index is 13.2. The van der Waals surface area contributed by atoms with Crippen LogP contribution in [0.3, 0.4) is 0 Å². The summed E-state index contributed by atoms with van der Waals surface area (Å²) in [6.45, 7) is 2.77. The molecule has 1 saturated heterocycles. The number of aryl methyl sites for hydroxylation is 1. The van der Waals surface area contributed by atoms with Crippen molar-refractivity contribution in [1.29, 1.82) is 0 Å². The van der Waals surface area contributed by atoms with Crippen molar-refractivity contribution < 1.29 is 13.2 Å². The van der Waals surface area contributed by atoms with E-state index in [-0.39, 0.29) is 21.5 Å². The molecule has 5 rings (SSSR count). The highest BCUT2D eigenvalue weighted by molar-refractivity contribution is 7.89. The van der Waals surface area contributed by atoms with Gasteiger partial charge in [-0.15, -0.1) is 0 Å². The van der Waals surface area contributed by atoms with Crippen molar-refractivity contribution in [3.8, 4) is 11.4 Å². The number of hydrogen-bond acceptors (Lipinski definition) is 5. The van der Waals surface area contributed by atoms with E-state index in [1.165, 1.54) is 22.5 Å². The van der Waals surface area contributed by atoms with Gasteiger partial charge in [0, 0.05) is 36.5 Å². The van der Waals surface area contributed by atoms with E-state index in [4.69, 9.17) is 16.6 Å². The zero-order valence-electron chi connectivity index (χ0n) is 18.6. The third kappa shape index (κ3) is 4.02. The molecule has 0 atom stereocenters. The number of halogens is 1. The Morgan fingerprint density at radius 1 is 1.06 bits per heavy atom. The van der Waals surface area contributed by atoms with Gasteiger partial charge in [-0.05, 0) is 56.2 Å². The first-order valence-corrected chi connectivity index (χ1v) is 12.8. The molecular weight excluding hydrogens is 472 g/mol. The van der Waals surface area contributed by atoms with Gasteiger partial charge in [-0.3, -0.25) is 4.79 Å². The molecule has 2 aromatic carbocycles. The third-order valence-corrected chi connectivity index (χ3v) is 8.47. The topological polar surface area (TPSA) is 85.2 Å². The van der Waals surface area contributed by atoms with Gasteiger partial charge in [0.05, 0.1) is 9.92 Å². The minimum Gasteiger partial charge on any atom is -0.305 e. The first-order valence-electron chi connectivity index (χ1n) is 11.0. The van der Waals surface area contributed by atoms with Gasteiger partial charge in [0.2, 0.25) is 10.0 Å². The van der Waals surface area contributed by atoms with E-state index in [0.717, 1.165) is 28.1 Å². The van der Waals surface area contributed by atoms with Crippen LogP contribution in [-0.4, -0.2) is 46.6 Å². The zero-order chi connectivity index (χ0) is 23.9. The van der Waals surface area contributed by atoms with E-state index in [1.807, 2.05) is 37.3 Å². The van der Waals surface area contributed by atoms with Crippen LogP contribution in [-0.2, 0) is 10.0 Å². The number of hydrogen-bond donors (Lipinski definition) is 0. The van der Waals surface area contributed by atoms with Crippen molar-refractivity contribution in [2.24, 2.45) is 0 Å². The number of rotatable bonds is 5. The van der Waals surface area contributed by atoms with Crippen molar-refractivity contribution in [2.75, 3.05) is 13.1 Å². The first kappa shape index (κ1) is 22.7. The maximum Gasteiger partial charge on any atom is 0.243 e. The van der Waals surface area contributed by atoms with Crippen LogP contribution >= 0.6 is 11.6 Å². The number of aromatic nitrogens is 3. The number of carbonyl (C=O) groups is 1. The van der Waals surface area contributed by atoms with Gasteiger partial charge < -0.3 is 4.57 Å². The van der Waals surface area contributed by atoms with Crippen LogP contribution in [0.2, 0.25) is 5.02 Å². The number of nitrogens with zero attached hydrogens (tertiary/aromatic N) is 4. The summed E-state index contributed by atoms with van der Waals surface area (Å²) in [5.74, 6) is 0.843. The minimum absolute atomic E-state index is 0.0582. The monoisotopic (exact) mass is 494 g/mol. The molecule has 9 heteroatoms. The van der Waals surface area contributed by atoms with Crippen molar-refractivity contribution in [2.45, 2.75) is 30.7 Å². The molecule has 4 aromatic rings. The Morgan fingerprint density at radius 3 is 2.56 bits per heavy atom. The smallest absolute Gasteiger partial charge is 0.243 e. The molecule has 174 valence electrons. The van der Waals surface area contributed by atoms with Crippen LogP contribution in [0.25, 0.3) is 22.6 Å². The second kappa shape index (κ2) is 8.94. The Balaban J connectivity index is 1.45. The second-order valence-electron chi connectivity index (χ2n) is 8.46. The molecule has 34 heavy (non-hydrogen) atoms. The maximum absolute atomic E-state index is 13.2. The normalized spacial score (nSPS) is 15.6. The van der Waals surface area contributed by atoms with Crippen LogP contribution in [0.5, 0.6) is 0 Å². The molecule has 0 bridgehead atoms. The fourth-order valence-corrected chi connectivity index (χ4v) is 6.30. The average molecular weight is 495 g/mol. The van der Waals surface area contributed by atoms with Crippen molar-refractivity contribution in [3.05, 3.63) is 76.9 Å². The summed E-state index contributed by atoms with van der Waals surface area (Å²) >= 11 is 6.08. The number of benzene rings is 2. The summed E-state index contributed by atoms with van der Waals surface area (Å²) in [5.41, 5.74) is 4.04. The van der Waals surface area contributed by atoms with Gasteiger partial charge in [0.1, 0.15) is 11.3 Å². The first-order chi connectivity index (χ1) is 16.4. The highest BCUT2D eigenvalue weighted by Crippen LogP contribution is 2.34. The van der Waals surface area contributed by atoms with Crippen molar-refractivity contribution in [1.82, 2.24) is 18.8 Å². The van der Waals surface area contributed by atoms with E-state index in [1.54, 1.807) is 6.20 Å². The molecule has 0 unspecified atom stereocenters. The Kier molecular flexibility index (Phi) is 5.97. The SMILES string of the molecule is Cc1cccc(-c2nc3cccnc3n2C2CCN(S(=O)(=O)c3ccc(C=O)c(Cl)c3)CC2)c1. The number of piperidine rings is 1. The number of aldehydes is 1. The summed E-state index contributed by atoms with van der Waals surface area (Å²) in [6.07, 6.45) is 3.62. The van der Waals surface area contributed by atoms with Gasteiger partial charge in [-0.25, -0.2) is 18.4 Å². The van der Waals surface area contributed by atoms with Crippen LogP contribution in [0.1, 0.15) is 34.8 Å². The third-order valence-electron chi connectivity index (χ3n) is 6.25. The summed E-state index contributed by atoms with van der Waals surface area (Å²) < 4.78 is 30.1. The van der Waals surface area contributed by atoms with Crippen molar-refractivity contribution in [3.63, 3.8) is 0 Å². The predicted octanol–water partition coefficient (Wildman–Crippen LogP) is 4.90. The van der Waals surface area contributed by atoms with E-state index in [9.17, 15) is 13.2 Å². The summed E-state index contributed by atoms with van der Waals surface area (Å²) in [7, 11) is -3.72. The zero-order valence-corrected chi connectivity index (χ0v) is 20.1. The molecule has 0 amide bonds. The molecule has 2 aromatic heterocycles. The molecule has 1 aliphatic rings.